The summed E-state index contributed by atoms with van der Waals surface area (Å²) in [6, 6.07) is 4.50. The number of thiophene rings is 1. The fourth-order valence-electron chi connectivity index (χ4n) is 1.60. The number of thiol groups is 1. The van der Waals surface area contributed by atoms with E-state index in [1.807, 2.05) is 0 Å². The lowest BCUT2D eigenvalue weighted by Gasteiger charge is -2.03. The zero-order valence-corrected chi connectivity index (χ0v) is 11.2. The van der Waals surface area contributed by atoms with Gasteiger partial charge >= 0.3 is 0 Å². The fourth-order valence-corrected chi connectivity index (χ4v) is 3.34. The molecule has 0 saturated heterocycles. The SMILES string of the molecule is CCc1cc(CBr)cc2c(S)csc12. The molecule has 0 radical (unpaired) electrons. The van der Waals surface area contributed by atoms with Crippen molar-refractivity contribution in [3.05, 3.63) is 28.6 Å². The Labute approximate surface area is 102 Å². The largest absolute Gasteiger partial charge is 0.142 e. The second-order valence-corrected chi connectivity index (χ2v) is 5.16. The van der Waals surface area contributed by atoms with Crippen molar-refractivity contribution in [1.82, 2.24) is 0 Å². The first-order valence-corrected chi connectivity index (χ1v) is 6.99. The predicted octanol–water partition coefficient (Wildman–Crippen LogP) is 4.65. The molecule has 2 rings (SSSR count). The Morgan fingerprint density at radius 2 is 2.21 bits per heavy atom. The maximum Gasteiger partial charge on any atom is 0.0386 e. The van der Waals surface area contributed by atoms with E-state index in [1.54, 1.807) is 11.3 Å². The van der Waals surface area contributed by atoms with Crippen molar-refractivity contribution < 1.29 is 0 Å². The van der Waals surface area contributed by atoms with Crippen LogP contribution in [0.4, 0.5) is 0 Å². The minimum absolute atomic E-state index is 0.916. The lowest BCUT2D eigenvalue weighted by Crippen LogP contribution is -1.84. The highest BCUT2D eigenvalue weighted by molar-refractivity contribution is 9.08. The maximum absolute atomic E-state index is 4.47. The molecule has 0 unspecified atom stereocenters. The molecule has 0 bridgehead atoms. The van der Waals surface area contributed by atoms with Gasteiger partial charge in [-0.05, 0) is 23.6 Å². The minimum atomic E-state index is 0.916. The monoisotopic (exact) mass is 286 g/mol. The third-order valence-corrected chi connectivity index (χ3v) is 4.59. The second kappa shape index (κ2) is 4.25. The van der Waals surface area contributed by atoms with E-state index in [2.05, 4.69) is 53.0 Å². The number of alkyl halides is 1. The molecule has 0 spiro atoms. The Bertz CT molecular complexity index is 460. The van der Waals surface area contributed by atoms with E-state index in [0.717, 1.165) is 16.6 Å². The summed E-state index contributed by atoms with van der Waals surface area (Å²) in [5.74, 6) is 0. The number of benzene rings is 1. The number of fused-ring (bicyclic) bond motifs is 1. The quantitative estimate of drug-likeness (QED) is 0.603. The van der Waals surface area contributed by atoms with Crippen molar-refractivity contribution in [3.63, 3.8) is 0 Å². The summed E-state index contributed by atoms with van der Waals surface area (Å²) in [5.41, 5.74) is 2.77. The topological polar surface area (TPSA) is 0 Å². The molecule has 2 aromatic rings. The summed E-state index contributed by atoms with van der Waals surface area (Å²) in [7, 11) is 0. The minimum Gasteiger partial charge on any atom is -0.142 e. The molecular weight excluding hydrogens is 276 g/mol. The molecule has 3 heteroatoms. The van der Waals surface area contributed by atoms with Crippen LogP contribution in [-0.4, -0.2) is 0 Å². The molecule has 0 atom stereocenters. The van der Waals surface area contributed by atoms with Gasteiger partial charge in [-0.15, -0.1) is 24.0 Å². The van der Waals surface area contributed by atoms with Crippen LogP contribution in [-0.2, 0) is 11.8 Å². The van der Waals surface area contributed by atoms with Crippen LogP contribution < -0.4 is 0 Å². The van der Waals surface area contributed by atoms with Crippen LogP contribution in [0.3, 0.4) is 0 Å². The van der Waals surface area contributed by atoms with E-state index in [9.17, 15) is 0 Å². The summed E-state index contributed by atoms with van der Waals surface area (Å²) >= 11 is 9.76. The van der Waals surface area contributed by atoms with Gasteiger partial charge in [-0.2, -0.15) is 0 Å². The second-order valence-electron chi connectivity index (χ2n) is 3.24. The molecule has 14 heavy (non-hydrogen) atoms. The van der Waals surface area contributed by atoms with Gasteiger partial charge < -0.3 is 0 Å². The zero-order chi connectivity index (χ0) is 10.1. The number of rotatable bonds is 2. The lowest BCUT2D eigenvalue weighted by atomic mass is 10.1. The number of halogens is 1. The van der Waals surface area contributed by atoms with Crippen molar-refractivity contribution in [2.75, 3.05) is 0 Å². The van der Waals surface area contributed by atoms with Gasteiger partial charge in [0, 0.05) is 25.7 Å². The van der Waals surface area contributed by atoms with Gasteiger partial charge in [0.25, 0.3) is 0 Å². The van der Waals surface area contributed by atoms with Gasteiger partial charge in [-0.3, -0.25) is 0 Å². The maximum atomic E-state index is 4.47. The first kappa shape index (κ1) is 10.5. The highest BCUT2D eigenvalue weighted by atomic mass is 79.9. The molecule has 0 aliphatic rings. The predicted molar refractivity (Wildman–Crippen MR) is 71.1 cm³/mol. The third-order valence-electron chi connectivity index (χ3n) is 2.33. The molecule has 0 fully saturated rings. The lowest BCUT2D eigenvalue weighted by molar-refractivity contribution is 1.15. The highest BCUT2D eigenvalue weighted by Crippen LogP contribution is 2.33. The van der Waals surface area contributed by atoms with Gasteiger partial charge in [0.1, 0.15) is 0 Å². The molecule has 74 valence electrons. The van der Waals surface area contributed by atoms with E-state index in [0.29, 0.717) is 0 Å². The van der Waals surface area contributed by atoms with Gasteiger partial charge in [0.2, 0.25) is 0 Å². The third kappa shape index (κ3) is 1.73. The smallest absolute Gasteiger partial charge is 0.0386 e. The van der Waals surface area contributed by atoms with Gasteiger partial charge in [0.15, 0.2) is 0 Å². The zero-order valence-electron chi connectivity index (χ0n) is 7.88. The fraction of sp³-hybridized carbons (Fsp3) is 0.273. The Morgan fingerprint density at radius 3 is 2.86 bits per heavy atom. The Balaban J connectivity index is 2.76. The summed E-state index contributed by atoms with van der Waals surface area (Å²) in [6.07, 6.45) is 1.09. The molecule has 0 aliphatic heterocycles. The normalized spacial score (nSPS) is 11.1. The van der Waals surface area contributed by atoms with Crippen molar-refractivity contribution in [2.45, 2.75) is 23.6 Å². The average molecular weight is 287 g/mol. The summed E-state index contributed by atoms with van der Waals surface area (Å²) in [5, 5.41) is 4.33. The number of hydrogen-bond acceptors (Lipinski definition) is 2. The Kier molecular flexibility index (Phi) is 3.20. The number of aryl methyl sites for hydroxylation is 1. The summed E-state index contributed by atoms with van der Waals surface area (Å²) in [6.45, 7) is 2.20. The average Bonchev–Trinajstić information content (AvgIpc) is 2.59. The number of hydrogen-bond donors (Lipinski definition) is 1. The van der Waals surface area contributed by atoms with Crippen molar-refractivity contribution in [2.24, 2.45) is 0 Å². The van der Waals surface area contributed by atoms with E-state index >= 15 is 0 Å². The molecule has 1 aromatic heterocycles. The van der Waals surface area contributed by atoms with Crippen LogP contribution in [0.5, 0.6) is 0 Å². The van der Waals surface area contributed by atoms with Crippen LogP contribution in [0.1, 0.15) is 18.1 Å². The van der Waals surface area contributed by atoms with Gasteiger partial charge in [-0.25, -0.2) is 0 Å². The van der Waals surface area contributed by atoms with E-state index in [-0.39, 0.29) is 0 Å². The van der Waals surface area contributed by atoms with E-state index in [4.69, 9.17) is 0 Å². The van der Waals surface area contributed by atoms with Crippen LogP contribution in [0.15, 0.2) is 22.4 Å². The molecule has 0 nitrogen and oxygen atoms in total. The summed E-state index contributed by atoms with van der Waals surface area (Å²) in [4.78, 5) is 1.10. The van der Waals surface area contributed by atoms with Crippen LogP contribution >= 0.6 is 39.9 Å². The van der Waals surface area contributed by atoms with Crippen LogP contribution in [0.2, 0.25) is 0 Å². The van der Waals surface area contributed by atoms with Crippen molar-refractivity contribution in [3.8, 4) is 0 Å². The standard InChI is InChI=1S/C11H11BrS2/c1-2-8-3-7(5-12)4-9-10(13)6-14-11(8)9/h3-4,6,13H,2,5H2,1H3. The Hall–Kier alpha value is 0.01000. The van der Waals surface area contributed by atoms with E-state index < -0.39 is 0 Å². The van der Waals surface area contributed by atoms with Gasteiger partial charge in [0.05, 0.1) is 0 Å². The van der Waals surface area contributed by atoms with Crippen molar-refractivity contribution in [1.29, 1.82) is 0 Å². The molecule has 0 amide bonds. The van der Waals surface area contributed by atoms with Crippen molar-refractivity contribution >= 4 is 50.0 Å². The molecule has 0 aliphatic carbocycles. The Morgan fingerprint density at radius 1 is 1.43 bits per heavy atom. The van der Waals surface area contributed by atoms with Gasteiger partial charge in [-0.1, -0.05) is 28.9 Å². The molecular formula is C11H11BrS2. The first-order valence-electron chi connectivity index (χ1n) is 4.54. The van der Waals surface area contributed by atoms with Crippen LogP contribution in [0, 0.1) is 0 Å². The molecule has 1 aromatic carbocycles. The summed E-state index contributed by atoms with van der Waals surface area (Å²) < 4.78 is 1.39. The molecule has 1 heterocycles. The van der Waals surface area contributed by atoms with Crippen LogP contribution in [0.25, 0.3) is 10.1 Å². The molecule has 0 N–H and O–H groups in total. The molecule has 0 saturated carbocycles. The first-order chi connectivity index (χ1) is 6.76. The highest BCUT2D eigenvalue weighted by Gasteiger charge is 2.06. The van der Waals surface area contributed by atoms with E-state index in [1.165, 1.54) is 21.2 Å².